The van der Waals surface area contributed by atoms with Crippen LogP contribution in [-0.4, -0.2) is 31.4 Å². The van der Waals surface area contributed by atoms with Gasteiger partial charge in [-0.3, -0.25) is 0 Å². The van der Waals surface area contributed by atoms with Crippen molar-refractivity contribution in [2.24, 2.45) is 5.41 Å². The van der Waals surface area contributed by atoms with Gasteiger partial charge in [0.15, 0.2) is 0 Å². The van der Waals surface area contributed by atoms with Gasteiger partial charge in [-0.15, -0.1) is 0 Å². The number of aliphatic hydroxyl groups is 1. The first-order valence-corrected chi connectivity index (χ1v) is 6.76. The maximum atomic E-state index is 9.44. The van der Waals surface area contributed by atoms with E-state index in [0.29, 0.717) is 6.61 Å². The number of rotatable bonds is 9. The Kier molecular flexibility index (Phi) is 6.76. The molecule has 0 radical (unpaired) electrons. The van der Waals surface area contributed by atoms with Crippen LogP contribution in [0.5, 0.6) is 5.75 Å². The summed E-state index contributed by atoms with van der Waals surface area (Å²) in [6, 6.07) is 9.82. The second-order valence-corrected chi connectivity index (χ2v) is 4.70. The minimum Gasteiger partial charge on any atom is -0.492 e. The zero-order valence-electron chi connectivity index (χ0n) is 11.5. The first kappa shape index (κ1) is 15.0. The van der Waals surface area contributed by atoms with E-state index in [2.05, 4.69) is 19.2 Å². The molecule has 1 rings (SSSR count). The fraction of sp³-hybridized carbons (Fsp3) is 0.600. The van der Waals surface area contributed by atoms with Gasteiger partial charge >= 0.3 is 0 Å². The smallest absolute Gasteiger partial charge is 0.119 e. The van der Waals surface area contributed by atoms with Crippen molar-refractivity contribution in [1.82, 2.24) is 5.32 Å². The van der Waals surface area contributed by atoms with Crippen LogP contribution in [0.1, 0.15) is 26.7 Å². The predicted molar refractivity (Wildman–Crippen MR) is 74.9 cm³/mol. The van der Waals surface area contributed by atoms with Crippen molar-refractivity contribution in [3.05, 3.63) is 30.3 Å². The first-order chi connectivity index (χ1) is 8.76. The van der Waals surface area contributed by atoms with Gasteiger partial charge < -0.3 is 15.2 Å². The molecule has 0 bridgehead atoms. The Morgan fingerprint density at radius 3 is 2.39 bits per heavy atom. The number of nitrogens with one attached hydrogen (secondary N) is 1. The largest absolute Gasteiger partial charge is 0.492 e. The Balaban J connectivity index is 2.18. The molecule has 0 aliphatic carbocycles. The lowest BCUT2D eigenvalue weighted by Gasteiger charge is -2.29. The normalized spacial score (nSPS) is 11.5. The lowest BCUT2D eigenvalue weighted by molar-refractivity contribution is 0.112. The van der Waals surface area contributed by atoms with E-state index in [0.717, 1.165) is 31.7 Å². The van der Waals surface area contributed by atoms with E-state index in [-0.39, 0.29) is 12.0 Å². The Morgan fingerprint density at radius 1 is 1.17 bits per heavy atom. The zero-order valence-corrected chi connectivity index (χ0v) is 11.5. The van der Waals surface area contributed by atoms with Gasteiger partial charge in [0.05, 0.1) is 0 Å². The Morgan fingerprint density at radius 2 is 1.83 bits per heavy atom. The molecule has 0 aromatic heterocycles. The highest BCUT2D eigenvalue weighted by atomic mass is 16.5. The van der Waals surface area contributed by atoms with E-state index < -0.39 is 0 Å². The summed E-state index contributed by atoms with van der Waals surface area (Å²) >= 11 is 0. The third kappa shape index (κ3) is 4.67. The molecule has 1 aromatic carbocycles. The minimum atomic E-state index is 0.0206. The number of ether oxygens (including phenoxy) is 1. The van der Waals surface area contributed by atoms with E-state index in [4.69, 9.17) is 4.74 Å². The topological polar surface area (TPSA) is 41.5 Å². The summed E-state index contributed by atoms with van der Waals surface area (Å²) < 4.78 is 5.60. The fourth-order valence-electron chi connectivity index (χ4n) is 1.89. The molecule has 0 amide bonds. The molecule has 0 heterocycles. The van der Waals surface area contributed by atoms with Gasteiger partial charge in [0, 0.05) is 25.1 Å². The van der Waals surface area contributed by atoms with Crippen molar-refractivity contribution in [1.29, 1.82) is 0 Å². The van der Waals surface area contributed by atoms with Crippen molar-refractivity contribution >= 4 is 0 Å². The van der Waals surface area contributed by atoms with Crippen molar-refractivity contribution in [2.75, 3.05) is 26.3 Å². The van der Waals surface area contributed by atoms with Crippen LogP contribution in [0.3, 0.4) is 0 Å². The molecular formula is C15H25NO2. The average molecular weight is 251 g/mol. The summed E-state index contributed by atoms with van der Waals surface area (Å²) in [4.78, 5) is 0. The summed E-state index contributed by atoms with van der Waals surface area (Å²) in [5, 5.41) is 12.8. The predicted octanol–water partition coefficient (Wildman–Crippen LogP) is 2.45. The lowest BCUT2D eigenvalue weighted by Crippen LogP contribution is -2.38. The highest BCUT2D eigenvalue weighted by Gasteiger charge is 2.24. The summed E-state index contributed by atoms with van der Waals surface area (Å²) in [5.41, 5.74) is 0.0206. The Labute approximate surface area is 110 Å². The average Bonchev–Trinajstić information content (AvgIpc) is 2.45. The molecule has 3 nitrogen and oxygen atoms in total. The minimum absolute atomic E-state index is 0.0206. The molecule has 0 aliphatic heterocycles. The highest BCUT2D eigenvalue weighted by Crippen LogP contribution is 2.24. The van der Waals surface area contributed by atoms with Crippen molar-refractivity contribution in [3.63, 3.8) is 0 Å². The van der Waals surface area contributed by atoms with Gasteiger partial charge in [-0.25, -0.2) is 0 Å². The van der Waals surface area contributed by atoms with Gasteiger partial charge in [-0.1, -0.05) is 32.0 Å². The van der Waals surface area contributed by atoms with Crippen LogP contribution in [0.25, 0.3) is 0 Å². The number of hydrogen-bond donors (Lipinski definition) is 2. The number of aliphatic hydroxyl groups excluding tert-OH is 1. The summed E-state index contributed by atoms with van der Waals surface area (Å²) in [5.74, 6) is 0.902. The second kappa shape index (κ2) is 8.11. The maximum Gasteiger partial charge on any atom is 0.119 e. The molecule has 0 atom stereocenters. The molecule has 0 saturated carbocycles. The molecule has 1 aromatic rings. The molecule has 18 heavy (non-hydrogen) atoms. The molecule has 2 N–H and O–H groups in total. The monoisotopic (exact) mass is 251 g/mol. The lowest BCUT2D eigenvalue weighted by atomic mass is 9.83. The van der Waals surface area contributed by atoms with E-state index in [1.165, 1.54) is 0 Å². The first-order valence-electron chi connectivity index (χ1n) is 6.76. The van der Waals surface area contributed by atoms with E-state index >= 15 is 0 Å². The highest BCUT2D eigenvalue weighted by molar-refractivity contribution is 5.20. The number of benzene rings is 1. The Hall–Kier alpha value is -1.06. The third-order valence-electron chi connectivity index (χ3n) is 3.63. The summed E-state index contributed by atoms with van der Waals surface area (Å²) in [6.45, 7) is 6.79. The summed E-state index contributed by atoms with van der Waals surface area (Å²) in [7, 11) is 0. The van der Waals surface area contributed by atoms with Crippen LogP contribution in [0.15, 0.2) is 30.3 Å². The molecule has 0 aliphatic rings. The maximum absolute atomic E-state index is 9.44. The number of hydrogen-bond acceptors (Lipinski definition) is 3. The number of para-hydroxylation sites is 1. The van der Waals surface area contributed by atoms with E-state index in [1.807, 2.05) is 30.3 Å². The van der Waals surface area contributed by atoms with Crippen LogP contribution in [-0.2, 0) is 0 Å². The molecule has 0 fully saturated rings. The molecule has 0 spiro atoms. The molecule has 0 unspecified atom stereocenters. The van der Waals surface area contributed by atoms with Gasteiger partial charge in [0.1, 0.15) is 12.4 Å². The second-order valence-electron chi connectivity index (χ2n) is 4.70. The van der Waals surface area contributed by atoms with Gasteiger partial charge in [0.25, 0.3) is 0 Å². The van der Waals surface area contributed by atoms with Crippen molar-refractivity contribution in [3.8, 4) is 5.75 Å². The van der Waals surface area contributed by atoms with Crippen LogP contribution in [0, 0.1) is 5.41 Å². The van der Waals surface area contributed by atoms with Gasteiger partial charge in [-0.05, 0) is 25.0 Å². The SMILES string of the molecule is CCC(CC)(CO)CNCCOc1ccccc1. The standard InChI is InChI=1S/C15H25NO2/c1-3-15(4-2,13-17)12-16-10-11-18-14-8-6-5-7-9-14/h5-9,16-17H,3-4,10-13H2,1-2H3. The van der Waals surface area contributed by atoms with Crippen LogP contribution in [0.4, 0.5) is 0 Å². The quantitative estimate of drug-likeness (QED) is 0.662. The molecular weight excluding hydrogens is 226 g/mol. The van der Waals surface area contributed by atoms with Crippen LogP contribution >= 0.6 is 0 Å². The van der Waals surface area contributed by atoms with E-state index in [1.54, 1.807) is 0 Å². The molecule has 0 saturated heterocycles. The van der Waals surface area contributed by atoms with Crippen LogP contribution in [0.2, 0.25) is 0 Å². The van der Waals surface area contributed by atoms with Crippen molar-refractivity contribution in [2.45, 2.75) is 26.7 Å². The molecule has 102 valence electrons. The van der Waals surface area contributed by atoms with Crippen LogP contribution < -0.4 is 10.1 Å². The fourth-order valence-corrected chi connectivity index (χ4v) is 1.89. The van der Waals surface area contributed by atoms with Gasteiger partial charge in [-0.2, -0.15) is 0 Å². The van der Waals surface area contributed by atoms with Crippen molar-refractivity contribution < 1.29 is 9.84 Å². The zero-order chi connectivity index (χ0) is 13.3. The third-order valence-corrected chi connectivity index (χ3v) is 3.63. The molecule has 3 heteroatoms. The summed E-state index contributed by atoms with van der Waals surface area (Å²) in [6.07, 6.45) is 1.99. The Bertz CT molecular complexity index is 301. The van der Waals surface area contributed by atoms with E-state index in [9.17, 15) is 5.11 Å². The van der Waals surface area contributed by atoms with Gasteiger partial charge in [0.2, 0.25) is 0 Å².